The van der Waals surface area contributed by atoms with Crippen molar-refractivity contribution in [2.45, 2.75) is 13.1 Å². The average molecular weight is 334 g/mol. The number of aromatic nitrogens is 2. The highest BCUT2D eigenvalue weighted by molar-refractivity contribution is 6.09. The molecule has 5 nitrogen and oxygen atoms in total. The molecule has 1 N–H and O–H groups in total. The van der Waals surface area contributed by atoms with E-state index in [1.165, 1.54) is 24.4 Å². The Kier molecular flexibility index (Phi) is 4.74. The quantitative estimate of drug-likeness (QED) is 0.691. The van der Waals surface area contributed by atoms with Gasteiger partial charge >= 0.3 is 6.18 Å². The van der Waals surface area contributed by atoms with Crippen LogP contribution in [-0.2, 0) is 18.0 Å². The Morgan fingerprint density at radius 2 is 2.12 bits per heavy atom. The Labute approximate surface area is 136 Å². The molecule has 0 aliphatic rings. The number of rotatable bonds is 3. The van der Waals surface area contributed by atoms with E-state index in [2.05, 4.69) is 10.4 Å². The first-order valence-corrected chi connectivity index (χ1v) is 6.81. The van der Waals surface area contributed by atoms with Crippen LogP contribution in [-0.4, -0.2) is 15.7 Å². The largest absolute Gasteiger partial charge is 0.416 e. The van der Waals surface area contributed by atoms with Gasteiger partial charge in [-0.25, -0.2) is 0 Å². The molecule has 124 valence electrons. The van der Waals surface area contributed by atoms with Crippen LogP contribution < -0.4 is 5.32 Å². The Hall–Kier alpha value is -3.08. The molecule has 1 heterocycles. The first kappa shape index (κ1) is 17.3. The van der Waals surface area contributed by atoms with Crippen molar-refractivity contribution in [1.29, 1.82) is 5.26 Å². The third-order valence-corrected chi connectivity index (χ3v) is 3.39. The van der Waals surface area contributed by atoms with Crippen LogP contribution in [0.3, 0.4) is 0 Å². The van der Waals surface area contributed by atoms with Crippen LogP contribution in [0.15, 0.2) is 36.0 Å². The summed E-state index contributed by atoms with van der Waals surface area (Å²) in [5, 5.41) is 15.4. The highest BCUT2D eigenvalue weighted by Gasteiger charge is 2.30. The number of carbonyl (C=O) groups is 1. The van der Waals surface area contributed by atoms with E-state index in [0.29, 0.717) is 5.56 Å². The predicted molar refractivity (Wildman–Crippen MR) is 81.6 cm³/mol. The van der Waals surface area contributed by atoms with Crippen molar-refractivity contribution in [1.82, 2.24) is 9.78 Å². The standard InChI is InChI=1S/C16H13F3N4O/c1-10-12(9-21-23(10)2)6-11(8-20)15(24)22-14-5-3-4-13(7-14)16(17,18)19/h3-7,9H,1-2H3,(H,22,24)/b11-6+. The highest BCUT2D eigenvalue weighted by atomic mass is 19.4. The van der Waals surface area contributed by atoms with Gasteiger partial charge in [0.1, 0.15) is 11.6 Å². The van der Waals surface area contributed by atoms with Crippen LogP contribution in [0.25, 0.3) is 6.08 Å². The van der Waals surface area contributed by atoms with Gasteiger partial charge in [0, 0.05) is 24.0 Å². The van der Waals surface area contributed by atoms with Gasteiger partial charge in [-0.3, -0.25) is 9.48 Å². The summed E-state index contributed by atoms with van der Waals surface area (Å²) in [6.45, 7) is 1.76. The molecule has 0 fully saturated rings. The zero-order valence-corrected chi connectivity index (χ0v) is 12.8. The molecule has 0 saturated heterocycles. The number of hydrogen-bond acceptors (Lipinski definition) is 3. The zero-order chi connectivity index (χ0) is 17.9. The Balaban J connectivity index is 2.25. The molecule has 8 heteroatoms. The topological polar surface area (TPSA) is 70.7 Å². The molecule has 0 atom stereocenters. The van der Waals surface area contributed by atoms with Crippen molar-refractivity contribution in [2.24, 2.45) is 7.05 Å². The van der Waals surface area contributed by atoms with E-state index >= 15 is 0 Å². The fraction of sp³-hybridized carbons (Fsp3) is 0.188. The fourth-order valence-corrected chi connectivity index (χ4v) is 1.93. The lowest BCUT2D eigenvalue weighted by molar-refractivity contribution is -0.137. The molecule has 0 aliphatic heterocycles. The number of nitrogens with zero attached hydrogens (tertiary/aromatic N) is 3. The van der Waals surface area contributed by atoms with Crippen LogP contribution in [0.2, 0.25) is 0 Å². The number of nitrogens with one attached hydrogen (secondary N) is 1. The SMILES string of the molecule is Cc1c(/C=C(\C#N)C(=O)Nc2cccc(C(F)(F)F)c2)cnn1C. The van der Waals surface area contributed by atoms with E-state index < -0.39 is 17.6 Å². The first-order valence-electron chi connectivity index (χ1n) is 6.81. The van der Waals surface area contributed by atoms with Crippen molar-refractivity contribution in [3.05, 3.63) is 52.9 Å². The summed E-state index contributed by atoms with van der Waals surface area (Å²) in [7, 11) is 1.71. The number of amides is 1. The lowest BCUT2D eigenvalue weighted by Gasteiger charge is -2.09. The molecule has 0 unspecified atom stereocenters. The maximum atomic E-state index is 12.7. The minimum absolute atomic E-state index is 0.0427. The third-order valence-electron chi connectivity index (χ3n) is 3.39. The van der Waals surface area contributed by atoms with Crippen molar-refractivity contribution >= 4 is 17.7 Å². The first-order chi connectivity index (χ1) is 11.2. The number of benzene rings is 1. The molecular formula is C16H13F3N4O. The minimum atomic E-state index is -4.51. The van der Waals surface area contributed by atoms with Gasteiger partial charge in [0.25, 0.3) is 5.91 Å². The number of aryl methyl sites for hydroxylation is 1. The Morgan fingerprint density at radius 3 is 2.67 bits per heavy atom. The monoisotopic (exact) mass is 334 g/mol. The van der Waals surface area contributed by atoms with Crippen molar-refractivity contribution in [2.75, 3.05) is 5.32 Å². The predicted octanol–water partition coefficient (Wildman–Crippen LogP) is 3.29. The lowest BCUT2D eigenvalue weighted by Crippen LogP contribution is -2.14. The molecular weight excluding hydrogens is 321 g/mol. The zero-order valence-electron chi connectivity index (χ0n) is 12.8. The molecule has 2 rings (SSSR count). The van der Waals surface area contributed by atoms with E-state index in [4.69, 9.17) is 5.26 Å². The summed E-state index contributed by atoms with van der Waals surface area (Å²) >= 11 is 0. The summed E-state index contributed by atoms with van der Waals surface area (Å²) in [5.41, 5.74) is 0.163. The van der Waals surface area contributed by atoms with E-state index in [9.17, 15) is 18.0 Å². The number of hydrogen-bond donors (Lipinski definition) is 1. The number of nitriles is 1. The van der Waals surface area contributed by atoms with Crippen LogP contribution >= 0.6 is 0 Å². The summed E-state index contributed by atoms with van der Waals surface area (Å²) in [4.78, 5) is 12.1. The van der Waals surface area contributed by atoms with Crippen LogP contribution in [0.5, 0.6) is 0 Å². The van der Waals surface area contributed by atoms with Crippen molar-refractivity contribution in [3.8, 4) is 6.07 Å². The maximum Gasteiger partial charge on any atom is 0.416 e. The molecule has 1 aromatic heterocycles. The fourth-order valence-electron chi connectivity index (χ4n) is 1.93. The molecule has 2 aromatic rings. The molecule has 1 aromatic carbocycles. The molecule has 0 spiro atoms. The Morgan fingerprint density at radius 1 is 1.42 bits per heavy atom. The van der Waals surface area contributed by atoms with Gasteiger partial charge in [0.2, 0.25) is 0 Å². The normalized spacial score (nSPS) is 11.9. The molecule has 0 radical (unpaired) electrons. The van der Waals surface area contributed by atoms with Gasteiger partial charge in [-0.1, -0.05) is 6.07 Å². The Bertz CT molecular complexity index is 844. The molecule has 1 amide bonds. The second-order valence-electron chi connectivity index (χ2n) is 5.01. The smallest absolute Gasteiger partial charge is 0.321 e. The van der Waals surface area contributed by atoms with Gasteiger partial charge in [-0.05, 0) is 31.2 Å². The molecule has 0 bridgehead atoms. The third kappa shape index (κ3) is 3.81. The van der Waals surface area contributed by atoms with Gasteiger partial charge in [0.05, 0.1) is 11.8 Å². The van der Waals surface area contributed by atoms with Crippen LogP contribution in [0.1, 0.15) is 16.8 Å². The molecule has 0 aliphatic carbocycles. The second kappa shape index (κ2) is 6.58. The van der Waals surface area contributed by atoms with Gasteiger partial charge < -0.3 is 5.32 Å². The van der Waals surface area contributed by atoms with E-state index in [1.807, 2.05) is 0 Å². The second-order valence-corrected chi connectivity index (χ2v) is 5.01. The highest BCUT2D eigenvalue weighted by Crippen LogP contribution is 2.30. The van der Waals surface area contributed by atoms with E-state index in [1.54, 1.807) is 24.7 Å². The summed E-state index contributed by atoms with van der Waals surface area (Å²) in [6.07, 6.45) is -1.68. The summed E-state index contributed by atoms with van der Waals surface area (Å²) in [5.74, 6) is -0.792. The van der Waals surface area contributed by atoms with Gasteiger partial charge in [-0.15, -0.1) is 0 Å². The number of carbonyl (C=O) groups excluding carboxylic acids is 1. The molecule has 0 saturated carbocycles. The average Bonchev–Trinajstić information content (AvgIpc) is 2.83. The van der Waals surface area contributed by atoms with E-state index in [0.717, 1.165) is 17.8 Å². The summed E-state index contributed by atoms with van der Waals surface area (Å²) in [6, 6.07) is 5.94. The van der Waals surface area contributed by atoms with E-state index in [-0.39, 0.29) is 11.3 Å². The molecule has 24 heavy (non-hydrogen) atoms. The lowest BCUT2D eigenvalue weighted by atomic mass is 10.1. The van der Waals surface area contributed by atoms with Gasteiger partial charge in [0.15, 0.2) is 0 Å². The number of anilines is 1. The minimum Gasteiger partial charge on any atom is -0.321 e. The maximum absolute atomic E-state index is 12.7. The number of alkyl halides is 3. The van der Waals surface area contributed by atoms with Gasteiger partial charge in [-0.2, -0.15) is 23.5 Å². The summed E-state index contributed by atoms with van der Waals surface area (Å²) < 4.78 is 39.6. The van der Waals surface area contributed by atoms with Crippen molar-refractivity contribution < 1.29 is 18.0 Å². The van der Waals surface area contributed by atoms with Crippen molar-refractivity contribution in [3.63, 3.8) is 0 Å². The van der Waals surface area contributed by atoms with Crippen LogP contribution in [0, 0.1) is 18.3 Å². The number of halogens is 3. The van der Waals surface area contributed by atoms with Crippen LogP contribution in [0.4, 0.5) is 18.9 Å².